The van der Waals surface area contributed by atoms with Crippen LogP contribution in [0.3, 0.4) is 0 Å². The van der Waals surface area contributed by atoms with E-state index in [2.05, 4.69) is 4.90 Å². The van der Waals surface area contributed by atoms with E-state index in [9.17, 15) is 15.0 Å². The molecular formula is C17H17NO5. The van der Waals surface area contributed by atoms with Crippen molar-refractivity contribution in [2.75, 3.05) is 6.54 Å². The summed E-state index contributed by atoms with van der Waals surface area (Å²) in [5, 5.41) is 19.9. The Morgan fingerprint density at radius 1 is 1.13 bits per heavy atom. The Hall–Kier alpha value is -2.73. The maximum Gasteiger partial charge on any atom is 0.336 e. The number of furan rings is 1. The fraction of sp³-hybridized carbons (Fsp3) is 0.235. The van der Waals surface area contributed by atoms with E-state index in [-0.39, 0.29) is 17.1 Å². The summed E-state index contributed by atoms with van der Waals surface area (Å²) in [6.45, 7) is 3.99. The van der Waals surface area contributed by atoms with E-state index in [0.717, 1.165) is 17.7 Å². The Bertz CT molecular complexity index is 867. The van der Waals surface area contributed by atoms with Crippen molar-refractivity contribution in [1.82, 2.24) is 4.90 Å². The van der Waals surface area contributed by atoms with Crippen molar-refractivity contribution < 1.29 is 19.0 Å². The third-order valence-corrected chi connectivity index (χ3v) is 3.75. The Balaban J connectivity index is 1.97. The van der Waals surface area contributed by atoms with Crippen LogP contribution in [0.2, 0.25) is 0 Å². The maximum absolute atomic E-state index is 11.7. The summed E-state index contributed by atoms with van der Waals surface area (Å²) in [6, 6.07) is 5.97. The van der Waals surface area contributed by atoms with Gasteiger partial charge in [-0.25, -0.2) is 4.79 Å². The molecule has 3 rings (SSSR count). The second-order valence-corrected chi connectivity index (χ2v) is 5.36. The molecular weight excluding hydrogens is 298 g/mol. The normalized spacial score (nSPS) is 11.4. The molecule has 0 fully saturated rings. The highest BCUT2D eigenvalue weighted by Gasteiger charge is 2.13. The molecule has 0 radical (unpaired) electrons. The summed E-state index contributed by atoms with van der Waals surface area (Å²) < 4.78 is 10.2. The maximum atomic E-state index is 11.7. The largest absolute Gasteiger partial charge is 0.504 e. The monoisotopic (exact) mass is 315 g/mol. The predicted molar refractivity (Wildman–Crippen MR) is 84.3 cm³/mol. The Labute approximate surface area is 132 Å². The molecule has 6 heteroatoms. The van der Waals surface area contributed by atoms with Gasteiger partial charge in [-0.3, -0.25) is 4.90 Å². The summed E-state index contributed by atoms with van der Waals surface area (Å²) >= 11 is 0. The van der Waals surface area contributed by atoms with Crippen molar-refractivity contribution in [3.05, 3.63) is 58.3 Å². The van der Waals surface area contributed by atoms with Crippen molar-refractivity contribution in [1.29, 1.82) is 0 Å². The zero-order chi connectivity index (χ0) is 16.4. The highest BCUT2D eigenvalue weighted by molar-refractivity contribution is 5.83. The van der Waals surface area contributed by atoms with Gasteiger partial charge in [0, 0.05) is 36.2 Å². The number of aromatic hydroxyl groups is 2. The van der Waals surface area contributed by atoms with Crippen LogP contribution in [-0.2, 0) is 13.1 Å². The van der Waals surface area contributed by atoms with Gasteiger partial charge in [0.05, 0.1) is 12.5 Å². The van der Waals surface area contributed by atoms with E-state index >= 15 is 0 Å². The average molecular weight is 315 g/mol. The number of hydrogen-bond acceptors (Lipinski definition) is 6. The van der Waals surface area contributed by atoms with Crippen LogP contribution < -0.4 is 5.63 Å². The standard InChI is InChI=1S/C17H17NO5/c1-2-18(8-11-3-4-22-10-11)9-12-5-17(21)23-16-7-15(20)14(19)6-13(12)16/h3-7,10,19-20H,2,8-9H2,1H3. The Morgan fingerprint density at radius 2 is 1.91 bits per heavy atom. The molecule has 0 saturated heterocycles. The molecule has 23 heavy (non-hydrogen) atoms. The van der Waals surface area contributed by atoms with Crippen LogP contribution in [-0.4, -0.2) is 21.7 Å². The first-order valence-corrected chi connectivity index (χ1v) is 7.29. The predicted octanol–water partition coefficient (Wildman–Crippen LogP) is 2.82. The van der Waals surface area contributed by atoms with E-state index in [1.165, 1.54) is 18.2 Å². The third-order valence-electron chi connectivity index (χ3n) is 3.75. The first-order valence-electron chi connectivity index (χ1n) is 7.29. The van der Waals surface area contributed by atoms with Gasteiger partial charge in [0.1, 0.15) is 5.58 Å². The van der Waals surface area contributed by atoms with E-state index in [0.29, 0.717) is 18.5 Å². The van der Waals surface area contributed by atoms with Gasteiger partial charge in [0.25, 0.3) is 0 Å². The highest BCUT2D eigenvalue weighted by atomic mass is 16.4. The molecule has 6 nitrogen and oxygen atoms in total. The van der Waals surface area contributed by atoms with Gasteiger partial charge in [0.15, 0.2) is 11.5 Å². The topological polar surface area (TPSA) is 87.1 Å². The number of benzene rings is 1. The average Bonchev–Trinajstić information content (AvgIpc) is 3.01. The van der Waals surface area contributed by atoms with E-state index in [4.69, 9.17) is 8.83 Å². The summed E-state index contributed by atoms with van der Waals surface area (Å²) in [4.78, 5) is 13.9. The molecule has 2 heterocycles. The summed E-state index contributed by atoms with van der Waals surface area (Å²) in [6.07, 6.45) is 3.31. The van der Waals surface area contributed by atoms with Gasteiger partial charge in [0.2, 0.25) is 0 Å². The fourth-order valence-electron chi connectivity index (χ4n) is 2.54. The molecule has 0 amide bonds. The first kappa shape index (κ1) is 15.2. The van der Waals surface area contributed by atoms with Crippen LogP contribution in [0.25, 0.3) is 11.0 Å². The number of nitrogens with zero attached hydrogens (tertiary/aromatic N) is 1. The quantitative estimate of drug-likeness (QED) is 0.556. The van der Waals surface area contributed by atoms with Crippen molar-refractivity contribution in [2.24, 2.45) is 0 Å². The minimum Gasteiger partial charge on any atom is -0.504 e. The SMILES string of the molecule is CCN(Cc1ccoc1)Cc1cc(=O)oc2cc(O)c(O)cc12. The zero-order valence-corrected chi connectivity index (χ0v) is 12.7. The number of rotatable bonds is 5. The fourth-order valence-corrected chi connectivity index (χ4v) is 2.54. The van der Waals surface area contributed by atoms with E-state index < -0.39 is 5.63 Å². The van der Waals surface area contributed by atoms with Crippen molar-refractivity contribution in [2.45, 2.75) is 20.0 Å². The lowest BCUT2D eigenvalue weighted by Gasteiger charge is -2.20. The van der Waals surface area contributed by atoms with Crippen molar-refractivity contribution in [3.8, 4) is 11.5 Å². The van der Waals surface area contributed by atoms with Gasteiger partial charge >= 0.3 is 5.63 Å². The van der Waals surface area contributed by atoms with Crippen LogP contribution in [0.15, 0.2) is 50.4 Å². The molecule has 0 aliphatic rings. The minimum atomic E-state index is -0.489. The summed E-state index contributed by atoms with van der Waals surface area (Å²) in [7, 11) is 0. The molecule has 3 aromatic rings. The molecule has 0 atom stereocenters. The smallest absolute Gasteiger partial charge is 0.336 e. The zero-order valence-electron chi connectivity index (χ0n) is 12.7. The van der Waals surface area contributed by atoms with Crippen LogP contribution >= 0.6 is 0 Å². The number of hydrogen-bond donors (Lipinski definition) is 2. The molecule has 0 bridgehead atoms. The summed E-state index contributed by atoms with van der Waals surface area (Å²) in [5.41, 5.74) is 1.54. The van der Waals surface area contributed by atoms with Gasteiger partial charge in [-0.1, -0.05) is 6.92 Å². The Morgan fingerprint density at radius 3 is 2.61 bits per heavy atom. The molecule has 0 aliphatic heterocycles. The minimum absolute atomic E-state index is 0.245. The van der Waals surface area contributed by atoms with Gasteiger partial charge in [-0.05, 0) is 24.2 Å². The number of phenols is 2. The third kappa shape index (κ3) is 3.22. The van der Waals surface area contributed by atoms with Crippen LogP contribution in [0.1, 0.15) is 18.1 Å². The van der Waals surface area contributed by atoms with Crippen molar-refractivity contribution >= 4 is 11.0 Å². The van der Waals surface area contributed by atoms with E-state index in [1.807, 2.05) is 13.0 Å². The molecule has 2 N–H and O–H groups in total. The first-order chi connectivity index (χ1) is 11.1. The van der Waals surface area contributed by atoms with Crippen molar-refractivity contribution in [3.63, 3.8) is 0 Å². The molecule has 0 saturated carbocycles. The van der Waals surface area contributed by atoms with Gasteiger partial charge < -0.3 is 19.0 Å². The van der Waals surface area contributed by atoms with Crippen LogP contribution in [0.5, 0.6) is 11.5 Å². The second-order valence-electron chi connectivity index (χ2n) is 5.36. The van der Waals surface area contributed by atoms with Gasteiger partial charge in [-0.15, -0.1) is 0 Å². The lowest BCUT2D eigenvalue weighted by atomic mass is 10.1. The van der Waals surface area contributed by atoms with Gasteiger partial charge in [-0.2, -0.15) is 0 Å². The molecule has 2 aromatic heterocycles. The molecule has 1 aromatic carbocycles. The Kier molecular flexibility index (Phi) is 4.08. The lowest BCUT2D eigenvalue weighted by molar-refractivity contribution is 0.271. The molecule has 120 valence electrons. The molecule has 0 unspecified atom stereocenters. The molecule has 0 aliphatic carbocycles. The second kappa shape index (κ2) is 6.18. The molecule has 0 spiro atoms. The number of fused-ring (bicyclic) bond motifs is 1. The summed E-state index contributed by atoms with van der Waals surface area (Å²) in [5.74, 6) is -0.561. The van der Waals surface area contributed by atoms with E-state index in [1.54, 1.807) is 12.5 Å². The van der Waals surface area contributed by atoms with Crippen LogP contribution in [0, 0.1) is 0 Å². The lowest BCUT2D eigenvalue weighted by Crippen LogP contribution is -2.22. The number of phenolic OH excluding ortho intramolecular Hbond substituents is 2. The highest BCUT2D eigenvalue weighted by Crippen LogP contribution is 2.31. The van der Waals surface area contributed by atoms with Crippen LogP contribution in [0.4, 0.5) is 0 Å².